The summed E-state index contributed by atoms with van der Waals surface area (Å²) in [6, 6.07) is 18.0. The van der Waals surface area contributed by atoms with Crippen LogP contribution < -0.4 is 9.47 Å². The van der Waals surface area contributed by atoms with Gasteiger partial charge in [-0.1, -0.05) is 29.8 Å². The summed E-state index contributed by atoms with van der Waals surface area (Å²) in [6.45, 7) is -0.433. The first-order valence-electron chi connectivity index (χ1n) is 11.8. The molecule has 0 unspecified atom stereocenters. The number of amides is 1. The Labute approximate surface area is 229 Å². The van der Waals surface area contributed by atoms with Crippen LogP contribution in [0.3, 0.4) is 0 Å². The molecule has 12 heteroatoms. The summed E-state index contributed by atoms with van der Waals surface area (Å²) in [6.07, 6.45) is 2.60. The van der Waals surface area contributed by atoms with Gasteiger partial charge in [0.05, 0.1) is 52.4 Å². The van der Waals surface area contributed by atoms with Crippen molar-refractivity contribution in [2.24, 2.45) is 0 Å². The molecule has 1 saturated carbocycles. The highest BCUT2D eigenvalue weighted by molar-refractivity contribution is 7.88. The van der Waals surface area contributed by atoms with Crippen LogP contribution in [0.25, 0.3) is 22.2 Å². The topological polar surface area (TPSA) is 143 Å². The van der Waals surface area contributed by atoms with E-state index < -0.39 is 22.7 Å². The van der Waals surface area contributed by atoms with Gasteiger partial charge >= 0.3 is 6.09 Å². The van der Waals surface area contributed by atoms with E-state index in [-0.39, 0.29) is 11.8 Å². The summed E-state index contributed by atoms with van der Waals surface area (Å²) in [4.78, 5) is 20.0. The number of carbonyl (C=O) groups is 1. The van der Waals surface area contributed by atoms with E-state index in [2.05, 4.69) is 16.0 Å². The van der Waals surface area contributed by atoms with Crippen LogP contribution in [0, 0.1) is 11.3 Å². The molecule has 10 nitrogen and oxygen atoms in total. The lowest BCUT2D eigenvalue weighted by atomic mass is 10.0. The minimum absolute atomic E-state index is 0.110. The number of benzene rings is 3. The number of nitriles is 1. The second-order valence-corrected chi connectivity index (χ2v) is 11.3. The Morgan fingerprint density at radius 2 is 1.82 bits per heavy atom. The number of carboxylic acid groups (broad SMARTS) is 1. The Hall–Kier alpha value is -4.40. The van der Waals surface area contributed by atoms with Gasteiger partial charge in [-0.05, 0) is 48.2 Å². The van der Waals surface area contributed by atoms with Gasteiger partial charge in [0.15, 0.2) is 5.75 Å². The molecule has 1 aliphatic carbocycles. The molecule has 1 aliphatic rings. The van der Waals surface area contributed by atoms with Crippen LogP contribution >= 0.6 is 11.6 Å². The van der Waals surface area contributed by atoms with Crippen molar-refractivity contribution in [2.45, 2.75) is 25.5 Å². The normalized spacial score (nSPS) is 13.1. The number of rotatable bonds is 8. The highest BCUT2D eigenvalue weighted by Gasteiger charge is 2.26. The van der Waals surface area contributed by atoms with Crippen molar-refractivity contribution in [2.75, 3.05) is 6.26 Å². The van der Waals surface area contributed by atoms with E-state index in [1.54, 1.807) is 30.3 Å². The van der Waals surface area contributed by atoms with Gasteiger partial charge < -0.3 is 14.6 Å². The molecule has 4 aromatic rings. The van der Waals surface area contributed by atoms with E-state index in [9.17, 15) is 23.6 Å². The molecule has 0 atom stereocenters. The van der Waals surface area contributed by atoms with Crippen molar-refractivity contribution in [3.05, 3.63) is 77.1 Å². The standard InChI is InChI=1S/C27H21ClN4O6S/c1-39(35,36)32(27(33)34)15-19-14-30-25-11-17(4-9-24(25)31-19)16-2-5-20(6-3-16)37-22-10-18(13-29)26(23(28)12-22)38-21-7-8-21/h2-6,9-12,14,21H,7-8,15H2,1H3,(H,33,34). The number of nitrogens with zero attached hydrogens (tertiary/aromatic N) is 4. The maximum Gasteiger partial charge on any atom is 0.421 e. The van der Waals surface area contributed by atoms with Crippen molar-refractivity contribution in [3.8, 4) is 34.4 Å². The monoisotopic (exact) mass is 564 g/mol. The molecule has 0 aliphatic heterocycles. The van der Waals surface area contributed by atoms with Crippen LogP contribution in [-0.4, -0.2) is 46.3 Å². The van der Waals surface area contributed by atoms with Gasteiger partial charge in [0.2, 0.25) is 10.0 Å². The number of hydrogen-bond donors (Lipinski definition) is 1. The number of sulfonamides is 1. The van der Waals surface area contributed by atoms with Crippen LogP contribution in [0.5, 0.6) is 17.2 Å². The minimum Gasteiger partial charge on any atom is -0.487 e. The lowest BCUT2D eigenvalue weighted by Gasteiger charge is -2.16. The molecule has 0 spiro atoms. The van der Waals surface area contributed by atoms with Gasteiger partial charge in [-0.3, -0.25) is 4.98 Å². The molecule has 1 amide bonds. The fourth-order valence-corrected chi connectivity index (χ4v) is 4.72. The maximum atomic E-state index is 11.7. The number of aromatic nitrogens is 2. The number of halogens is 1. The molecule has 0 saturated heterocycles. The second kappa shape index (κ2) is 10.4. The maximum absolute atomic E-state index is 11.7. The fourth-order valence-electron chi connectivity index (χ4n) is 3.81. The predicted molar refractivity (Wildman–Crippen MR) is 143 cm³/mol. The Kier molecular flexibility index (Phi) is 6.99. The number of fused-ring (bicyclic) bond motifs is 1. The first-order valence-corrected chi connectivity index (χ1v) is 14.0. The predicted octanol–water partition coefficient (Wildman–Crippen LogP) is 5.59. The van der Waals surface area contributed by atoms with Crippen LogP contribution in [0.15, 0.2) is 60.8 Å². The third-order valence-corrected chi connectivity index (χ3v) is 7.25. The SMILES string of the molecule is CS(=O)(=O)N(Cc1cnc2cc(-c3ccc(Oc4cc(Cl)c(OC5CC5)c(C#N)c4)cc3)ccc2n1)C(=O)O. The molecule has 1 aromatic heterocycles. The Balaban J connectivity index is 1.32. The summed E-state index contributed by atoms with van der Waals surface area (Å²) >= 11 is 6.35. The van der Waals surface area contributed by atoms with Crippen molar-refractivity contribution in [1.82, 2.24) is 14.3 Å². The third kappa shape index (κ3) is 6.03. The van der Waals surface area contributed by atoms with E-state index in [0.717, 1.165) is 30.2 Å². The molecule has 3 aromatic carbocycles. The lowest BCUT2D eigenvalue weighted by molar-refractivity contribution is 0.170. The molecular formula is C27H21ClN4O6S. The van der Waals surface area contributed by atoms with Gasteiger partial charge in [-0.25, -0.2) is 18.2 Å². The number of hydrogen-bond acceptors (Lipinski definition) is 8. The first kappa shape index (κ1) is 26.2. The summed E-state index contributed by atoms with van der Waals surface area (Å²) in [5, 5.41) is 19.0. The molecule has 39 heavy (non-hydrogen) atoms. The van der Waals surface area contributed by atoms with E-state index >= 15 is 0 Å². The summed E-state index contributed by atoms with van der Waals surface area (Å²) in [7, 11) is -3.96. The molecule has 1 heterocycles. The first-order chi connectivity index (χ1) is 18.6. The smallest absolute Gasteiger partial charge is 0.421 e. The van der Waals surface area contributed by atoms with Gasteiger partial charge in [0, 0.05) is 12.1 Å². The Bertz CT molecular complexity index is 1730. The van der Waals surface area contributed by atoms with Crippen molar-refractivity contribution in [3.63, 3.8) is 0 Å². The van der Waals surface area contributed by atoms with Crippen LogP contribution in [0.2, 0.25) is 5.02 Å². The zero-order valence-corrected chi connectivity index (χ0v) is 22.1. The van der Waals surface area contributed by atoms with Crippen LogP contribution in [0.1, 0.15) is 24.1 Å². The van der Waals surface area contributed by atoms with E-state index in [1.807, 2.05) is 24.3 Å². The largest absolute Gasteiger partial charge is 0.487 e. The molecule has 5 rings (SSSR count). The summed E-state index contributed by atoms with van der Waals surface area (Å²) in [5.41, 5.74) is 3.31. The second-order valence-electron chi connectivity index (χ2n) is 8.95. The molecule has 1 N–H and O–H groups in total. The summed E-state index contributed by atoms with van der Waals surface area (Å²) in [5.74, 6) is 1.35. The van der Waals surface area contributed by atoms with Gasteiger partial charge in [-0.15, -0.1) is 0 Å². The van der Waals surface area contributed by atoms with Crippen molar-refractivity contribution >= 4 is 38.8 Å². The van der Waals surface area contributed by atoms with E-state index in [1.165, 1.54) is 6.20 Å². The molecule has 1 fully saturated rings. The highest BCUT2D eigenvalue weighted by atomic mass is 35.5. The Morgan fingerprint density at radius 3 is 2.46 bits per heavy atom. The fraction of sp³-hybridized carbons (Fsp3) is 0.185. The average Bonchev–Trinajstić information content (AvgIpc) is 3.72. The van der Waals surface area contributed by atoms with Crippen LogP contribution in [0.4, 0.5) is 4.79 Å². The van der Waals surface area contributed by atoms with Crippen molar-refractivity contribution < 1.29 is 27.8 Å². The number of ether oxygens (including phenoxy) is 2. The minimum atomic E-state index is -3.96. The van der Waals surface area contributed by atoms with Crippen molar-refractivity contribution in [1.29, 1.82) is 5.26 Å². The lowest BCUT2D eigenvalue weighted by Crippen LogP contribution is -2.34. The van der Waals surface area contributed by atoms with Gasteiger partial charge in [-0.2, -0.15) is 9.57 Å². The molecule has 0 bridgehead atoms. The van der Waals surface area contributed by atoms with E-state index in [0.29, 0.717) is 43.2 Å². The highest BCUT2D eigenvalue weighted by Crippen LogP contribution is 2.38. The zero-order valence-electron chi connectivity index (χ0n) is 20.5. The van der Waals surface area contributed by atoms with Gasteiger partial charge in [0.25, 0.3) is 0 Å². The molecular weight excluding hydrogens is 544 g/mol. The van der Waals surface area contributed by atoms with Gasteiger partial charge in [0.1, 0.15) is 17.6 Å². The quantitative estimate of drug-likeness (QED) is 0.289. The zero-order chi connectivity index (χ0) is 27.7. The Morgan fingerprint density at radius 1 is 1.10 bits per heavy atom. The molecule has 0 radical (unpaired) electrons. The summed E-state index contributed by atoms with van der Waals surface area (Å²) < 4.78 is 35.4. The third-order valence-electron chi connectivity index (χ3n) is 5.88. The van der Waals surface area contributed by atoms with E-state index in [4.69, 9.17) is 21.1 Å². The van der Waals surface area contributed by atoms with Crippen LogP contribution in [-0.2, 0) is 16.6 Å². The molecule has 198 valence electrons. The average molecular weight is 565 g/mol.